The minimum atomic E-state index is -3.85. The molecule has 0 bridgehead atoms. The number of nitrogens with one attached hydrogen (secondary N) is 1. The Kier molecular flexibility index (Phi) is 4.88. The molecule has 4 nitrogen and oxygen atoms in total. The Labute approximate surface area is 105 Å². The van der Waals surface area contributed by atoms with Gasteiger partial charge in [0.25, 0.3) is 0 Å². The van der Waals surface area contributed by atoms with Gasteiger partial charge >= 0.3 is 0 Å². The number of benzene rings is 1. The Bertz CT molecular complexity index is 491. The number of hydrogen-bond acceptors (Lipinski definition) is 3. The van der Waals surface area contributed by atoms with Gasteiger partial charge in [-0.25, -0.2) is 17.5 Å². The molecule has 1 aromatic rings. The van der Waals surface area contributed by atoms with Crippen molar-refractivity contribution < 1.29 is 12.8 Å². The molecule has 0 heterocycles. The van der Waals surface area contributed by atoms with Gasteiger partial charge in [-0.1, -0.05) is 11.6 Å². The highest BCUT2D eigenvalue weighted by molar-refractivity contribution is 7.89. The van der Waals surface area contributed by atoms with E-state index in [1.807, 2.05) is 19.0 Å². The standard InChI is InChI=1S/C10H14ClFN2O2S/c1-14(2)6-5-13-17(15,16)10-7-8(11)3-4-9(10)12/h3-4,7,13H,5-6H2,1-2H3. The average Bonchev–Trinajstić information content (AvgIpc) is 2.20. The monoisotopic (exact) mass is 280 g/mol. The summed E-state index contributed by atoms with van der Waals surface area (Å²) in [6.45, 7) is 0.739. The third-order valence-corrected chi connectivity index (χ3v) is 3.75. The molecule has 1 rings (SSSR count). The lowest BCUT2D eigenvalue weighted by atomic mass is 10.3. The Morgan fingerprint density at radius 1 is 1.41 bits per heavy atom. The summed E-state index contributed by atoms with van der Waals surface area (Å²) in [5, 5.41) is 0.180. The first-order chi connectivity index (χ1) is 7.83. The first kappa shape index (κ1) is 14.4. The zero-order valence-electron chi connectivity index (χ0n) is 9.57. The molecule has 96 valence electrons. The number of halogens is 2. The second kappa shape index (κ2) is 5.77. The van der Waals surface area contributed by atoms with E-state index < -0.39 is 20.7 Å². The molecule has 0 aliphatic carbocycles. The molecular formula is C10H14ClFN2O2S. The predicted octanol–water partition coefficient (Wildman–Crippen LogP) is 1.32. The summed E-state index contributed by atoms with van der Waals surface area (Å²) in [5.41, 5.74) is 0. The first-order valence-electron chi connectivity index (χ1n) is 4.92. The Morgan fingerprint density at radius 3 is 2.65 bits per heavy atom. The lowest BCUT2D eigenvalue weighted by Gasteiger charge is -2.11. The van der Waals surface area contributed by atoms with E-state index >= 15 is 0 Å². The van der Waals surface area contributed by atoms with E-state index in [2.05, 4.69) is 4.72 Å². The molecule has 0 amide bonds. The van der Waals surface area contributed by atoms with Crippen LogP contribution < -0.4 is 4.72 Å². The molecule has 0 aliphatic rings. The van der Waals surface area contributed by atoms with Crippen molar-refractivity contribution in [2.45, 2.75) is 4.90 Å². The van der Waals surface area contributed by atoms with Crippen molar-refractivity contribution in [1.82, 2.24) is 9.62 Å². The summed E-state index contributed by atoms with van der Waals surface area (Å²) >= 11 is 5.64. The normalized spacial score (nSPS) is 12.1. The third kappa shape index (κ3) is 4.23. The number of rotatable bonds is 5. The van der Waals surface area contributed by atoms with Gasteiger partial charge in [0.15, 0.2) is 0 Å². The Morgan fingerprint density at radius 2 is 2.06 bits per heavy atom. The van der Waals surface area contributed by atoms with Gasteiger partial charge in [-0.3, -0.25) is 0 Å². The molecule has 0 aliphatic heterocycles. The fourth-order valence-corrected chi connectivity index (χ4v) is 2.52. The summed E-state index contributed by atoms with van der Waals surface area (Å²) in [7, 11) is -0.218. The van der Waals surface area contributed by atoms with Gasteiger partial charge in [0.05, 0.1) is 0 Å². The van der Waals surface area contributed by atoms with E-state index in [4.69, 9.17) is 11.6 Å². The van der Waals surface area contributed by atoms with Crippen LogP contribution in [0.3, 0.4) is 0 Å². The maximum absolute atomic E-state index is 13.4. The van der Waals surface area contributed by atoms with E-state index in [-0.39, 0.29) is 11.6 Å². The van der Waals surface area contributed by atoms with Crippen LogP contribution in [0.25, 0.3) is 0 Å². The lowest BCUT2D eigenvalue weighted by molar-refractivity contribution is 0.412. The van der Waals surface area contributed by atoms with Crippen LogP contribution in [0.2, 0.25) is 5.02 Å². The highest BCUT2D eigenvalue weighted by atomic mass is 35.5. The van der Waals surface area contributed by atoms with E-state index in [0.717, 1.165) is 12.1 Å². The topological polar surface area (TPSA) is 49.4 Å². The van der Waals surface area contributed by atoms with Gasteiger partial charge in [0.2, 0.25) is 10.0 Å². The molecule has 0 unspecified atom stereocenters. The number of likely N-dealkylation sites (N-methyl/N-ethyl adjacent to an activating group) is 1. The van der Waals surface area contributed by atoms with Gasteiger partial charge in [0.1, 0.15) is 10.7 Å². The quantitative estimate of drug-likeness (QED) is 0.885. The van der Waals surface area contributed by atoms with Gasteiger partial charge in [-0.2, -0.15) is 0 Å². The molecule has 0 atom stereocenters. The summed E-state index contributed by atoms with van der Waals surface area (Å²) in [6, 6.07) is 3.42. The third-order valence-electron chi connectivity index (χ3n) is 2.03. The van der Waals surface area contributed by atoms with Crippen LogP contribution >= 0.6 is 11.6 Å². The maximum atomic E-state index is 13.4. The molecule has 0 fully saturated rings. The van der Waals surface area contributed by atoms with Crippen LogP contribution in [-0.4, -0.2) is 40.5 Å². The SMILES string of the molecule is CN(C)CCNS(=O)(=O)c1cc(Cl)ccc1F. The van der Waals surface area contributed by atoms with E-state index in [9.17, 15) is 12.8 Å². The van der Waals surface area contributed by atoms with Gasteiger partial charge in [-0.05, 0) is 32.3 Å². The van der Waals surface area contributed by atoms with Crippen LogP contribution in [-0.2, 0) is 10.0 Å². The number of hydrogen-bond donors (Lipinski definition) is 1. The van der Waals surface area contributed by atoms with Crippen LogP contribution in [0.1, 0.15) is 0 Å². The lowest BCUT2D eigenvalue weighted by Crippen LogP contribution is -2.31. The predicted molar refractivity (Wildman–Crippen MR) is 65.2 cm³/mol. The molecule has 1 aromatic carbocycles. The zero-order valence-corrected chi connectivity index (χ0v) is 11.1. The summed E-state index contributed by atoms with van der Waals surface area (Å²) in [6.07, 6.45) is 0. The van der Waals surface area contributed by atoms with Crippen LogP contribution in [0.4, 0.5) is 4.39 Å². The Balaban J connectivity index is 2.86. The van der Waals surface area contributed by atoms with Crippen LogP contribution in [0.5, 0.6) is 0 Å². The van der Waals surface area contributed by atoms with Crippen LogP contribution in [0, 0.1) is 5.82 Å². The van der Waals surface area contributed by atoms with E-state index in [1.165, 1.54) is 6.07 Å². The van der Waals surface area contributed by atoms with Crippen molar-refractivity contribution in [1.29, 1.82) is 0 Å². The molecule has 1 N–H and O–H groups in total. The van der Waals surface area contributed by atoms with Gasteiger partial charge in [-0.15, -0.1) is 0 Å². The van der Waals surface area contributed by atoms with Crippen molar-refractivity contribution in [3.05, 3.63) is 29.0 Å². The fraction of sp³-hybridized carbons (Fsp3) is 0.400. The molecule has 0 saturated carbocycles. The van der Waals surface area contributed by atoms with E-state index in [1.54, 1.807) is 0 Å². The Hall–Kier alpha value is -0.690. The molecule has 0 aromatic heterocycles. The molecular weight excluding hydrogens is 267 g/mol. The minimum absolute atomic E-state index is 0.180. The molecule has 0 saturated heterocycles. The average molecular weight is 281 g/mol. The van der Waals surface area contributed by atoms with Crippen molar-refractivity contribution in [2.24, 2.45) is 0 Å². The number of sulfonamides is 1. The maximum Gasteiger partial charge on any atom is 0.243 e. The molecule has 0 radical (unpaired) electrons. The second-order valence-corrected chi connectivity index (χ2v) is 5.95. The number of nitrogens with zero attached hydrogens (tertiary/aromatic N) is 1. The smallest absolute Gasteiger partial charge is 0.243 e. The summed E-state index contributed by atoms with van der Waals surface area (Å²) < 4.78 is 39.2. The van der Waals surface area contributed by atoms with Crippen LogP contribution in [0.15, 0.2) is 23.1 Å². The highest BCUT2D eigenvalue weighted by Gasteiger charge is 2.18. The molecule has 7 heteroatoms. The second-order valence-electron chi connectivity index (χ2n) is 3.78. The largest absolute Gasteiger partial charge is 0.308 e. The summed E-state index contributed by atoms with van der Waals surface area (Å²) in [5.74, 6) is -0.813. The van der Waals surface area contributed by atoms with Crippen molar-refractivity contribution >= 4 is 21.6 Å². The summed E-state index contributed by atoms with van der Waals surface area (Å²) in [4.78, 5) is 1.39. The molecule has 17 heavy (non-hydrogen) atoms. The minimum Gasteiger partial charge on any atom is -0.308 e. The van der Waals surface area contributed by atoms with Gasteiger partial charge in [0, 0.05) is 18.1 Å². The first-order valence-corrected chi connectivity index (χ1v) is 6.78. The highest BCUT2D eigenvalue weighted by Crippen LogP contribution is 2.19. The van der Waals surface area contributed by atoms with Gasteiger partial charge < -0.3 is 4.90 Å². The van der Waals surface area contributed by atoms with Crippen molar-refractivity contribution in [2.75, 3.05) is 27.2 Å². The molecule has 0 spiro atoms. The van der Waals surface area contributed by atoms with E-state index in [0.29, 0.717) is 6.54 Å². The zero-order chi connectivity index (χ0) is 13.1. The fourth-order valence-electron chi connectivity index (χ4n) is 1.16. The van der Waals surface area contributed by atoms with Crippen molar-refractivity contribution in [3.8, 4) is 0 Å². The van der Waals surface area contributed by atoms with Crippen molar-refractivity contribution in [3.63, 3.8) is 0 Å².